The highest BCUT2D eigenvalue weighted by molar-refractivity contribution is 6.07. The second kappa shape index (κ2) is 8.26. The summed E-state index contributed by atoms with van der Waals surface area (Å²) in [4.78, 5) is 17.0. The van der Waals surface area contributed by atoms with E-state index < -0.39 is 0 Å². The maximum Gasteiger partial charge on any atom is 0.251 e. The molecule has 0 bridgehead atoms. The fraction of sp³-hybridized carbons (Fsp3) is 0.231. The molecular weight excluding hydrogens is 418 g/mol. The van der Waals surface area contributed by atoms with Gasteiger partial charge >= 0.3 is 0 Å². The van der Waals surface area contributed by atoms with Crippen LogP contribution in [0.4, 0.5) is 0 Å². The number of nitrogens with two attached hydrogens (primary N) is 1. The number of hydrogen-bond acceptors (Lipinski definition) is 6. The van der Waals surface area contributed by atoms with Gasteiger partial charge in [0.25, 0.3) is 5.91 Å². The summed E-state index contributed by atoms with van der Waals surface area (Å²) in [6.45, 7) is 0.409. The van der Waals surface area contributed by atoms with Gasteiger partial charge in [-0.3, -0.25) is 4.79 Å². The first-order chi connectivity index (χ1) is 16.0. The normalized spacial score (nSPS) is 14.2. The van der Waals surface area contributed by atoms with Crippen LogP contribution < -0.4 is 25.3 Å². The second-order valence-electron chi connectivity index (χ2n) is 8.36. The molecule has 4 aromatic rings. The van der Waals surface area contributed by atoms with E-state index in [9.17, 15) is 4.79 Å². The minimum absolute atomic E-state index is 0.150. The van der Waals surface area contributed by atoms with Crippen LogP contribution in [0.1, 0.15) is 23.2 Å². The monoisotopic (exact) mass is 443 g/mol. The molecule has 33 heavy (non-hydrogen) atoms. The molecule has 1 saturated carbocycles. The lowest BCUT2D eigenvalue weighted by Crippen LogP contribution is -2.29. The van der Waals surface area contributed by atoms with Crippen molar-refractivity contribution in [3.05, 3.63) is 66.2 Å². The molecule has 1 aliphatic carbocycles. The van der Waals surface area contributed by atoms with Crippen LogP contribution in [0, 0.1) is 0 Å². The van der Waals surface area contributed by atoms with Crippen molar-refractivity contribution in [3.63, 3.8) is 0 Å². The highest BCUT2D eigenvalue weighted by atomic mass is 16.5. The first-order valence-corrected chi connectivity index (χ1v) is 10.8. The van der Waals surface area contributed by atoms with E-state index in [1.165, 1.54) is 0 Å². The van der Waals surface area contributed by atoms with Gasteiger partial charge in [-0.2, -0.15) is 0 Å². The van der Waals surface area contributed by atoms with E-state index in [1.54, 1.807) is 26.3 Å². The zero-order valence-corrected chi connectivity index (χ0v) is 18.6. The van der Waals surface area contributed by atoms with Crippen molar-refractivity contribution in [2.75, 3.05) is 20.8 Å². The molecule has 1 aromatic heterocycles. The number of carbonyl (C=O) groups excluding carboxylic acids is 1. The van der Waals surface area contributed by atoms with Crippen molar-refractivity contribution < 1.29 is 19.0 Å². The molecule has 7 heteroatoms. The van der Waals surface area contributed by atoms with Gasteiger partial charge in [-0.25, -0.2) is 4.98 Å². The van der Waals surface area contributed by atoms with Crippen LogP contribution in [0.3, 0.4) is 0 Å². The number of pyridine rings is 1. The quantitative estimate of drug-likeness (QED) is 0.439. The van der Waals surface area contributed by atoms with Gasteiger partial charge in [0.2, 0.25) is 5.88 Å². The molecule has 3 aromatic carbocycles. The lowest BCUT2D eigenvalue weighted by atomic mass is 10.0. The van der Waals surface area contributed by atoms with Gasteiger partial charge in [-0.1, -0.05) is 18.2 Å². The molecule has 0 radical (unpaired) electrons. The van der Waals surface area contributed by atoms with Crippen LogP contribution in [0.5, 0.6) is 23.1 Å². The van der Waals surface area contributed by atoms with Gasteiger partial charge in [0.15, 0.2) is 0 Å². The van der Waals surface area contributed by atoms with Crippen LogP contribution in [-0.2, 0) is 0 Å². The summed E-state index contributed by atoms with van der Waals surface area (Å²) < 4.78 is 17.6. The van der Waals surface area contributed by atoms with Crippen LogP contribution in [-0.4, -0.2) is 37.2 Å². The Balaban J connectivity index is 1.56. The number of carbonyl (C=O) groups is 1. The Morgan fingerprint density at radius 3 is 2.61 bits per heavy atom. The zero-order chi connectivity index (χ0) is 23.0. The number of amides is 1. The van der Waals surface area contributed by atoms with Gasteiger partial charge in [-0.15, -0.1) is 0 Å². The Bertz CT molecular complexity index is 1360. The first-order valence-electron chi connectivity index (χ1n) is 10.8. The van der Waals surface area contributed by atoms with Gasteiger partial charge < -0.3 is 25.3 Å². The van der Waals surface area contributed by atoms with E-state index in [4.69, 9.17) is 19.9 Å². The molecule has 1 heterocycles. The summed E-state index contributed by atoms with van der Waals surface area (Å²) in [6, 6.07) is 18.7. The Hall–Kier alpha value is -3.84. The summed E-state index contributed by atoms with van der Waals surface area (Å²) in [5, 5.41) is 5.23. The molecule has 0 saturated heterocycles. The fourth-order valence-corrected chi connectivity index (χ4v) is 3.73. The predicted octanol–water partition coefficient (Wildman–Crippen LogP) is 4.42. The van der Waals surface area contributed by atoms with Gasteiger partial charge in [-0.05, 0) is 60.0 Å². The highest BCUT2D eigenvalue weighted by Gasteiger charge is 2.39. The number of hydrogen-bond donors (Lipinski definition) is 2. The number of ether oxygens (including phenoxy) is 3. The maximum atomic E-state index is 12.3. The van der Waals surface area contributed by atoms with Gasteiger partial charge in [0.05, 0.1) is 18.2 Å². The standard InChI is InChI=1S/C26H25N3O4/c1-28-25(30)19-5-3-4-16-6-7-18(13-20(16)19)33-23-14-24(32-15-26(27)10-11-26)29-22-9-8-17(31-2)12-21(22)23/h3-9,12-14H,10-11,15,27H2,1-2H3,(H,28,30). The van der Waals surface area contributed by atoms with Crippen LogP contribution >= 0.6 is 0 Å². The fourth-order valence-electron chi connectivity index (χ4n) is 3.73. The molecule has 0 spiro atoms. The number of rotatable bonds is 7. The molecule has 5 rings (SSSR count). The SMILES string of the molecule is CNC(=O)c1cccc2ccc(Oc3cc(OCC4(N)CC4)nc4ccc(OC)cc34)cc12. The van der Waals surface area contributed by atoms with E-state index in [1.807, 2.05) is 48.5 Å². The summed E-state index contributed by atoms with van der Waals surface area (Å²) >= 11 is 0. The minimum atomic E-state index is -0.258. The van der Waals surface area contributed by atoms with E-state index in [2.05, 4.69) is 10.3 Å². The molecule has 168 valence electrons. The topological polar surface area (TPSA) is 95.7 Å². The first kappa shape index (κ1) is 21.0. The van der Waals surface area contributed by atoms with Crippen LogP contribution in [0.25, 0.3) is 21.7 Å². The van der Waals surface area contributed by atoms with Gasteiger partial charge in [0.1, 0.15) is 23.9 Å². The Labute approximate surface area is 191 Å². The van der Waals surface area contributed by atoms with Crippen molar-refractivity contribution in [2.45, 2.75) is 18.4 Å². The van der Waals surface area contributed by atoms with E-state index in [-0.39, 0.29) is 11.4 Å². The third-order valence-electron chi connectivity index (χ3n) is 5.91. The largest absolute Gasteiger partial charge is 0.497 e. The van der Waals surface area contributed by atoms with E-state index >= 15 is 0 Å². The lowest BCUT2D eigenvalue weighted by molar-refractivity contribution is 0.0964. The predicted molar refractivity (Wildman–Crippen MR) is 127 cm³/mol. The smallest absolute Gasteiger partial charge is 0.251 e. The lowest BCUT2D eigenvalue weighted by Gasteiger charge is -2.15. The average Bonchev–Trinajstić information content (AvgIpc) is 3.59. The Morgan fingerprint density at radius 1 is 1.06 bits per heavy atom. The highest BCUT2D eigenvalue weighted by Crippen LogP contribution is 2.37. The van der Waals surface area contributed by atoms with Crippen molar-refractivity contribution in [1.82, 2.24) is 10.3 Å². The van der Waals surface area contributed by atoms with Crippen molar-refractivity contribution in [2.24, 2.45) is 5.73 Å². The zero-order valence-electron chi connectivity index (χ0n) is 18.6. The minimum Gasteiger partial charge on any atom is -0.497 e. The number of benzene rings is 3. The van der Waals surface area contributed by atoms with Crippen molar-refractivity contribution >= 4 is 27.6 Å². The van der Waals surface area contributed by atoms with Crippen LogP contribution in [0.15, 0.2) is 60.7 Å². The summed E-state index contributed by atoms with van der Waals surface area (Å²) in [5.41, 5.74) is 7.22. The summed E-state index contributed by atoms with van der Waals surface area (Å²) in [6.07, 6.45) is 1.90. The molecule has 7 nitrogen and oxygen atoms in total. The molecule has 1 aliphatic rings. The third kappa shape index (κ3) is 4.27. The molecule has 0 atom stereocenters. The van der Waals surface area contributed by atoms with Crippen molar-refractivity contribution in [1.29, 1.82) is 0 Å². The third-order valence-corrected chi connectivity index (χ3v) is 5.91. The number of methoxy groups -OCH3 is 1. The number of aromatic nitrogens is 1. The molecule has 3 N–H and O–H groups in total. The second-order valence-corrected chi connectivity index (χ2v) is 8.36. The van der Waals surface area contributed by atoms with Crippen molar-refractivity contribution in [3.8, 4) is 23.1 Å². The molecule has 0 aliphatic heterocycles. The Morgan fingerprint density at radius 2 is 1.85 bits per heavy atom. The van der Waals surface area contributed by atoms with Gasteiger partial charge in [0, 0.05) is 24.1 Å². The number of nitrogens with zero attached hydrogens (tertiary/aromatic N) is 1. The van der Waals surface area contributed by atoms with E-state index in [0.717, 1.165) is 34.5 Å². The Kier molecular flexibility index (Phi) is 5.26. The number of fused-ring (bicyclic) bond motifs is 2. The summed E-state index contributed by atoms with van der Waals surface area (Å²) in [7, 11) is 3.24. The van der Waals surface area contributed by atoms with E-state index in [0.29, 0.717) is 35.3 Å². The molecule has 1 amide bonds. The average molecular weight is 444 g/mol. The molecule has 1 fully saturated rings. The molecular formula is C26H25N3O4. The molecule has 0 unspecified atom stereocenters. The van der Waals surface area contributed by atoms with Crippen LogP contribution in [0.2, 0.25) is 0 Å². The number of nitrogens with one attached hydrogen (secondary N) is 1. The summed E-state index contributed by atoms with van der Waals surface area (Å²) in [5.74, 6) is 2.17. The maximum absolute atomic E-state index is 12.3.